The summed E-state index contributed by atoms with van der Waals surface area (Å²) in [6.07, 6.45) is -0.112. The van der Waals surface area contributed by atoms with Crippen molar-refractivity contribution in [2.45, 2.75) is 45.0 Å². The summed E-state index contributed by atoms with van der Waals surface area (Å²) in [5.41, 5.74) is 2.42. The number of ether oxygens (including phenoxy) is 3. The van der Waals surface area contributed by atoms with Gasteiger partial charge in [0.1, 0.15) is 16.9 Å². The van der Waals surface area contributed by atoms with E-state index < -0.39 is 42.4 Å². The number of likely N-dealkylation sites (N-methyl/N-ethyl adjacent to an activating group) is 2. The fourth-order valence-electron chi connectivity index (χ4n) is 6.59. The van der Waals surface area contributed by atoms with Crippen molar-refractivity contribution < 1.29 is 37.8 Å². The predicted molar refractivity (Wildman–Crippen MR) is 235 cm³/mol. The molecule has 0 aliphatic rings. The highest BCUT2D eigenvalue weighted by Gasteiger charge is 2.38. The van der Waals surface area contributed by atoms with Crippen LogP contribution < -0.4 is 10.6 Å². The van der Waals surface area contributed by atoms with Gasteiger partial charge in [0, 0.05) is 43.0 Å². The molecule has 15 heteroatoms. The van der Waals surface area contributed by atoms with Crippen LogP contribution >= 0.6 is 24.8 Å². The Hall–Kier alpha value is -5.86. The molecule has 0 fully saturated rings. The number of furan rings is 1. The van der Waals surface area contributed by atoms with Crippen molar-refractivity contribution in [1.29, 1.82) is 0 Å². The molecule has 318 valence electrons. The normalized spacial score (nSPS) is 12.5. The monoisotopic (exact) mass is 859 g/mol. The number of hydrogen-bond acceptors (Lipinski definition) is 10. The molecule has 13 nitrogen and oxygen atoms in total. The highest BCUT2D eigenvalue weighted by molar-refractivity contribution is 5.95. The van der Waals surface area contributed by atoms with Crippen molar-refractivity contribution >= 4 is 70.7 Å². The molecule has 0 radical (unpaired) electrons. The summed E-state index contributed by atoms with van der Waals surface area (Å²) >= 11 is 0. The Kier molecular flexibility index (Phi) is 16.7. The quantitative estimate of drug-likeness (QED) is 0.0723. The van der Waals surface area contributed by atoms with E-state index in [1.54, 1.807) is 49.5 Å². The maximum atomic E-state index is 14.1. The van der Waals surface area contributed by atoms with Crippen molar-refractivity contribution in [3.8, 4) is 0 Å². The number of nitrogens with zero attached hydrogens (tertiary/aromatic N) is 3. The Morgan fingerprint density at radius 1 is 0.817 bits per heavy atom. The van der Waals surface area contributed by atoms with Gasteiger partial charge >= 0.3 is 18.2 Å². The number of nitrogens with one attached hydrogen (secondary N) is 2. The number of amides is 2. The van der Waals surface area contributed by atoms with E-state index in [4.69, 9.17) is 18.6 Å². The van der Waals surface area contributed by atoms with E-state index in [1.165, 1.54) is 4.57 Å². The standard InChI is InChI=1S/C45H49N5O8.2ClH/c1-31(33-13-7-6-8-14-33)46-42(52)45(2,47-43(53)55-29-37-25-35-15-9-12-18-40(35)58-37)26-36-28-50(39-17-11-10-16-38(36)39)44(54)57-30-56-41(51)34-21-19-32(20-22-34)27-49(5)24-23-48(3)4;;/h6-22,25,28,31H,23-24,26-27,29-30H2,1-5H3,(H,46,52)(H,47,53);2*1H. The van der Waals surface area contributed by atoms with Crippen LogP contribution in [0.5, 0.6) is 0 Å². The molecule has 6 aromatic rings. The minimum Gasteiger partial charge on any atom is -0.457 e. The van der Waals surface area contributed by atoms with E-state index in [9.17, 15) is 19.2 Å². The van der Waals surface area contributed by atoms with Gasteiger partial charge in [0.15, 0.2) is 6.61 Å². The summed E-state index contributed by atoms with van der Waals surface area (Å²) in [4.78, 5) is 58.1. The summed E-state index contributed by atoms with van der Waals surface area (Å²) in [6.45, 7) is 5.24. The highest BCUT2D eigenvalue weighted by atomic mass is 35.5. The average Bonchev–Trinajstić information content (AvgIpc) is 3.81. The third-order valence-corrected chi connectivity index (χ3v) is 9.83. The van der Waals surface area contributed by atoms with Crippen LogP contribution in [0.1, 0.15) is 52.7 Å². The van der Waals surface area contributed by atoms with Gasteiger partial charge in [-0.25, -0.2) is 14.4 Å². The molecule has 0 spiro atoms. The smallest absolute Gasteiger partial charge is 0.421 e. The maximum Gasteiger partial charge on any atom is 0.421 e. The van der Waals surface area contributed by atoms with Crippen LogP contribution in [0, 0.1) is 0 Å². The summed E-state index contributed by atoms with van der Waals surface area (Å²) in [7, 11) is 6.10. The molecule has 2 N–H and O–H groups in total. The first-order valence-corrected chi connectivity index (χ1v) is 19.0. The molecule has 0 saturated carbocycles. The molecule has 60 heavy (non-hydrogen) atoms. The van der Waals surface area contributed by atoms with E-state index >= 15 is 0 Å². The fraction of sp³-hybridized carbons (Fsp3) is 0.289. The van der Waals surface area contributed by atoms with Crippen LogP contribution in [0.3, 0.4) is 0 Å². The number of aromatic nitrogens is 1. The number of esters is 1. The zero-order chi connectivity index (χ0) is 41.2. The second-order valence-electron chi connectivity index (χ2n) is 14.8. The molecule has 0 aliphatic carbocycles. The number of hydrogen-bond donors (Lipinski definition) is 2. The van der Waals surface area contributed by atoms with Crippen molar-refractivity contribution in [3.05, 3.63) is 143 Å². The number of benzene rings is 4. The van der Waals surface area contributed by atoms with Gasteiger partial charge in [-0.3, -0.25) is 9.36 Å². The topological polar surface area (TPSA) is 145 Å². The molecule has 2 amide bonds. The summed E-state index contributed by atoms with van der Waals surface area (Å²) in [5.74, 6) is -0.663. The minimum absolute atomic E-state index is 0. The molecule has 0 saturated heterocycles. The van der Waals surface area contributed by atoms with Gasteiger partial charge in [0.2, 0.25) is 12.7 Å². The molecule has 4 aromatic carbocycles. The first-order chi connectivity index (χ1) is 27.9. The lowest BCUT2D eigenvalue weighted by molar-refractivity contribution is -0.127. The van der Waals surface area contributed by atoms with Gasteiger partial charge in [0.05, 0.1) is 17.1 Å². The van der Waals surface area contributed by atoms with Crippen molar-refractivity contribution in [3.63, 3.8) is 0 Å². The third-order valence-electron chi connectivity index (χ3n) is 9.83. The van der Waals surface area contributed by atoms with Crippen LogP contribution in [0.25, 0.3) is 21.9 Å². The molecule has 2 heterocycles. The van der Waals surface area contributed by atoms with Crippen molar-refractivity contribution in [2.24, 2.45) is 0 Å². The van der Waals surface area contributed by atoms with Crippen LogP contribution in [0.2, 0.25) is 0 Å². The Morgan fingerprint density at radius 2 is 1.50 bits per heavy atom. The summed E-state index contributed by atoms with van der Waals surface area (Å²) in [5, 5.41) is 7.33. The van der Waals surface area contributed by atoms with Crippen molar-refractivity contribution in [1.82, 2.24) is 25.0 Å². The second-order valence-corrected chi connectivity index (χ2v) is 14.8. The van der Waals surface area contributed by atoms with E-state index in [2.05, 4.69) is 20.4 Å². The Labute approximate surface area is 361 Å². The number of alkyl carbamates (subject to hydrolysis) is 1. The number of halogens is 2. The Bertz CT molecular complexity index is 2330. The fourth-order valence-corrected chi connectivity index (χ4v) is 6.59. The second kappa shape index (κ2) is 21.4. The SMILES string of the molecule is CC(NC(=O)C(C)(Cc1cn(C(=O)OCOC(=O)c2ccc(CN(C)CCN(C)C)cc2)c2ccccc12)NC(=O)OCc1cc2ccccc2o1)c1ccccc1.Cl.Cl. The molecule has 2 unspecified atom stereocenters. The summed E-state index contributed by atoms with van der Waals surface area (Å²) < 4.78 is 23.3. The molecular formula is C45H51Cl2N5O8. The van der Waals surface area contributed by atoms with Gasteiger partial charge < -0.3 is 39.1 Å². The number of rotatable bonds is 16. The van der Waals surface area contributed by atoms with Gasteiger partial charge in [-0.15, -0.1) is 24.8 Å². The van der Waals surface area contributed by atoms with E-state index in [1.807, 2.05) is 101 Å². The average molecular weight is 861 g/mol. The zero-order valence-electron chi connectivity index (χ0n) is 34.2. The number of carbonyl (C=O) groups is 4. The number of para-hydroxylation sites is 2. The highest BCUT2D eigenvalue weighted by Crippen LogP contribution is 2.27. The van der Waals surface area contributed by atoms with Gasteiger partial charge in [0.25, 0.3) is 0 Å². The minimum atomic E-state index is -1.56. The largest absolute Gasteiger partial charge is 0.457 e. The Balaban J connectivity index is 0.00000397. The molecule has 0 aliphatic heterocycles. The first kappa shape index (κ1) is 46.8. The van der Waals surface area contributed by atoms with E-state index in [-0.39, 0.29) is 37.8 Å². The number of carbonyl (C=O) groups excluding carboxylic acids is 4. The van der Waals surface area contributed by atoms with Crippen LogP contribution in [-0.2, 0) is 38.6 Å². The van der Waals surface area contributed by atoms with Crippen molar-refractivity contribution in [2.75, 3.05) is 41.0 Å². The maximum absolute atomic E-state index is 14.1. The lowest BCUT2D eigenvalue weighted by Crippen LogP contribution is -2.58. The molecule has 2 aromatic heterocycles. The molecular weight excluding hydrogens is 809 g/mol. The molecule has 2 atom stereocenters. The van der Waals surface area contributed by atoms with E-state index in [0.29, 0.717) is 33.4 Å². The molecule has 0 bridgehead atoms. The first-order valence-electron chi connectivity index (χ1n) is 19.0. The van der Waals surface area contributed by atoms with Gasteiger partial charge in [-0.05, 0) is 82.0 Å². The predicted octanol–water partition coefficient (Wildman–Crippen LogP) is 8.13. The van der Waals surface area contributed by atoms with Crippen LogP contribution in [-0.4, -0.2) is 85.0 Å². The lowest BCUT2D eigenvalue weighted by Gasteiger charge is -2.30. The van der Waals surface area contributed by atoms with Crippen LogP contribution in [0.4, 0.5) is 9.59 Å². The van der Waals surface area contributed by atoms with E-state index in [0.717, 1.165) is 36.1 Å². The zero-order valence-corrected chi connectivity index (χ0v) is 35.8. The van der Waals surface area contributed by atoms with Gasteiger partial charge in [-0.2, -0.15) is 0 Å². The lowest BCUT2D eigenvalue weighted by atomic mass is 9.91. The van der Waals surface area contributed by atoms with Crippen LogP contribution in [0.15, 0.2) is 120 Å². The summed E-state index contributed by atoms with van der Waals surface area (Å²) in [6, 6.07) is 32.5. The van der Waals surface area contributed by atoms with Gasteiger partial charge in [-0.1, -0.05) is 78.9 Å². The molecule has 6 rings (SSSR count). The third kappa shape index (κ3) is 12.1. The Morgan fingerprint density at radius 3 is 2.22 bits per heavy atom. The number of fused-ring (bicyclic) bond motifs is 2.